The van der Waals surface area contributed by atoms with E-state index in [1.54, 1.807) is 16.8 Å². The van der Waals surface area contributed by atoms with Gasteiger partial charge in [0.2, 0.25) is 0 Å². The van der Waals surface area contributed by atoms with E-state index in [4.69, 9.17) is 9.98 Å². The van der Waals surface area contributed by atoms with Crippen molar-refractivity contribution in [3.05, 3.63) is 70.5 Å². The predicted molar refractivity (Wildman–Crippen MR) is 118 cm³/mol. The van der Waals surface area contributed by atoms with E-state index >= 15 is 0 Å². The molecule has 0 saturated heterocycles. The molecule has 3 aromatic heterocycles. The van der Waals surface area contributed by atoms with Gasteiger partial charge in [0, 0.05) is 22.9 Å². The van der Waals surface area contributed by atoms with Gasteiger partial charge in [0.05, 0.1) is 18.3 Å². The number of hydrogen-bond acceptors (Lipinski definition) is 6. The minimum atomic E-state index is -0.107. The summed E-state index contributed by atoms with van der Waals surface area (Å²) in [7, 11) is 0. The largest absolute Gasteiger partial charge is 0.494 e. The highest BCUT2D eigenvalue weighted by atomic mass is 16.3. The van der Waals surface area contributed by atoms with Crippen LogP contribution in [0.4, 0.5) is 5.82 Å². The third kappa shape index (κ3) is 3.96. The molecule has 0 spiro atoms. The first-order valence-electron chi connectivity index (χ1n) is 10.5. The van der Waals surface area contributed by atoms with Crippen LogP contribution in [-0.2, 0) is 0 Å². The third-order valence-corrected chi connectivity index (χ3v) is 5.40. The molecular formula is C23H24N6O2. The lowest BCUT2D eigenvalue weighted by Gasteiger charge is -2.18. The molecule has 1 unspecified atom stereocenters. The molecule has 1 aliphatic carbocycles. The van der Waals surface area contributed by atoms with Gasteiger partial charge >= 0.3 is 0 Å². The van der Waals surface area contributed by atoms with E-state index in [9.17, 15) is 10.2 Å². The fraction of sp³-hybridized carbons (Fsp3) is 0.261. The zero-order valence-corrected chi connectivity index (χ0v) is 17.2. The van der Waals surface area contributed by atoms with E-state index in [0.29, 0.717) is 17.3 Å². The van der Waals surface area contributed by atoms with Crippen molar-refractivity contribution >= 4 is 17.5 Å². The summed E-state index contributed by atoms with van der Waals surface area (Å²) in [5.74, 6) is 0.511. The molecule has 8 nitrogen and oxygen atoms in total. The van der Waals surface area contributed by atoms with Gasteiger partial charge in [-0.3, -0.25) is 9.98 Å². The minimum Gasteiger partial charge on any atom is -0.494 e. The van der Waals surface area contributed by atoms with E-state index in [2.05, 4.69) is 34.5 Å². The molecule has 0 radical (unpaired) electrons. The predicted octanol–water partition coefficient (Wildman–Crippen LogP) is 2.64. The summed E-state index contributed by atoms with van der Waals surface area (Å²) in [4.78, 5) is 12.1. The molecule has 1 fully saturated rings. The van der Waals surface area contributed by atoms with Gasteiger partial charge in [0.1, 0.15) is 5.82 Å². The van der Waals surface area contributed by atoms with Crippen molar-refractivity contribution in [2.45, 2.75) is 38.3 Å². The van der Waals surface area contributed by atoms with Crippen LogP contribution in [0.15, 0.2) is 53.7 Å². The summed E-state index contributed by atoms with van der Waals surface area (Å²) in [6, 6.07) is 14.1. The van der Waals surface area contributed by atoms with Crippen LogP contribution in [-0.4, -0.2) is 35.8 Å². The second-order valence-corrected chi connectivity index (χ2v) is 7.81. The number of aromatic amines is 1. The maximum absolute atomic E-state index is 9.99. The number of benzene rings is 1. The Morgan fingerprint density at radius 2 is 2.06 bits per heavy atom. The summed E-state index contributed by atoms with van der Waals surface area (Å²) in [6.07, 6.45) is 6.51. The van der Waals surface area contributed by atoms with Crippen LogP contribution in [0, 0.1) is 0 Å². The van der Waals surface area contributed by atoms with E-state index in [-0.39, 0.29) is 17.8 Å². The average molecular weight is 416 g/mol. The highest BCUT2D eigenvalue weighted by molar-refractivity contribution is 5.62. The number of nitrogens with one attached hydrogen (secondary N) is 2. The number of H-pyrrole nitrogens is 1. The maximum Gasteiger partial charge on any atom is 0.198 e. The Morgan fingerprint density at radius 1 is 1.26 bits per heavy atom. The number of hydrogen-bond donors (Lipinski definition) is 4. The number of rotatable bonds is 6. The number of anilines is 1. The molecule has 0 aliphatic heterocycles. The fourth-order valence-electron chi connectivity index (χ4n) is 3.63. The normalized spacial score (nSPS) is 16.2. The summed E-state index contributed by atoms with van der Waals surface area (Å²) in [6.45, 7) is 2.14. The smallest absolute Gasteiger partial charge is 0.198 e. The first-order valence-corrected chi connectivity index (χ1v) is 10.5. The number of nitrogens with zero attached hydrogens (tertiary/aromatic N) is 4. The molecule has 4 N–H and O–H groups in total. The molecule has 0 amide bonds. The van der Waals surface area contributed by atoms with Gasteiger partial charge in [-0.2, -0.15) is 9.61 Å². The molecule has 158 valence electrons. The molecule has 5 rings (SSSR count). The SMILES string of the molecule is CCC(Nc1cc(=NC2CC2)n2ncc(=Cc3cc(O)[nH]c3O)c2n1)c1ccccc1. The van der Waals surface area contributed by atoms with Crippen molar-refractivity contribution in [1.82, 2.24) is 19.6 Å². The zero-order valence-electron chi connectivity index (χ0n) is 17.2. The Hall–Kier alpha value is -3.81. The van der Waals surface area contributed by atoms with Crippen LogP contribution in [0.3, 0.4) is 0 Å². The molecule has 8 heteroatoms. The van der Waals surface area contributed by atoms with Gasteiger partial charge < -0.3 is 15.5 Å². The van der Waals surface area contributed by atoms with Gasteiger partial charge in [0.15, 0.2) is 22.9 Å². The van der Waals surface area contributed by atoms with Gasteiger partial charge in [-0.1, -0.05) is 37.3 Å². The van der Waals surface area contributed by atoms with Gasteiger partial charge in [0.25, 0.3) is 0 Å². The highest BCUT2D eigenvalue weighted by Crippen LogP contribution is 2.24. The minimum absolute atomic E-state index is 0.103. The third-order valence-electron chi connectivity index (χ3n) is 5.40. The van der Waals surface area contributed by atoms with E-state index in [1.165, 1.54) is 11.6 Å². The van der Waals surface area contributed by atoms with Crippen LogP contribution < -0.4 is 16.0 Å². The van der Waals surface area contributed by atoms with Crippen LogP contribution in [0.2, 0.25) is 0 Å². The average Bonchev–Trinajstić information content (AvgIpc) is 3.41. The Kier molecular flexibility index (Phi) is 4.82. The number of aromatic nitrogens is 4. The summed E-state index contributed by atoms with van der Waals surface area (Å²) >= 11 is 0. The van der Waals surface area contributed by atoms with E-state index < -0.39 is 0 Å². The molecule has 1 atom stereocenters. The molecule has 3 heterocycles. The Morgan fingerprint density at radius 3 is 2.74 bits per heavy atom. The quantitative estimate of drug-likeness (QED) is 0.386. The maximum atomic E-state index is 9.99. The summed E-state index contributed by atoms with van der Waals surface area (Å²) in [5, 5.41) is 28.3. The van der Waals surface area contributed by atoms with Crippen molar-refractivity contribution in [1.29, 1.82) is 0 Å². The van der Waals surface area contributed by atoms with Crippen LogP contribution in [0.5, 0.6) is 11.8 Å². The van der Waals surface area contributed by atoms with Crippen molar-refractivity contribution in [2.75, 3.05) is 5.32 Å². The van der Waals surface area contributed by atoms with Gasteiger partial charge in [-0.15, -0.1) is 0 Å². The van der Waals surface area contributed by atoms with Gasteiger partial charge in [-0.05, 0) is 30.9 Å². The number of aromatic hydroxyl groups is 2. The number of fused-ring (bicyclic) bond motifs is 1. The first-order chi connectivity index (χ1) is 15.1. The lowest BCUT2D eigenvalue weighted by atomic mass is 10.0. The fourth-order valence-corrected chi connectivity index (χ4v) is 3.63. The second kappa shape index (κ2) is 7.79. The first kappa shape index (κ1) is 19.2. The molecular weight excluding hydrogens is 392 g/mol. The standard InChI is InChI=1S/C23H24N6O2/c1-2-18(14-6-4-3-5-7-14)26-19-12-20(25-17-8-9-17)29-22(27-19)16(13-24-29)10-15-11-21(30)28-23(15)31/h3-7,10-13,17-18,26,28,30-31H,2,8-9H2,1H3. The Balaban J connectivity index is 1.63. The Bertz CT molecular complexity index is 1340. The molecule has 4 aromatic rings. The highest BCUT2D eigenvalue weighted by Gasteiger charge is 2.20. The lowest BCUT2D eigenvalue weighted by Crippen LogP contribution is -2.21. The monoisotopic (exact) mass is 416 g/mol. The summed E-state index contributed by atoms with van der Waals surface area (Å²) in [5.41, 5.74) is 3.04. The van der Waals surface area contributed by atoms with Crippen LogP contribution in [0.25, 0.3) is 11.7 Å². The van der Waals surface area contributed by atoms with E-state index in [1.807, 2.05) is 24.3 Å². The van der Waals surface area contributed by atoms with Crippen LogP contribution in [0.1, 0.15) is 43.4 Å². The molecule has 0 bridgehead atoms. The second-order valence-electron chi connectivity index (χ2n) is 7.81. The van der Waals surface area contributed by atoms with Crippen molar-refractivity contribution in [2.24, 2.45) is 4.99 Å². The molecule has 1 aliphatic rings. The van der Waals surface area contributed by atoms with Crippen molar-refractivity contribution in [3.63, 3.8) is 0 Å². The van der Waals surface area contributed by atoms with E-state index in [0.717, 1.165) is 35.8 Å². The zero-order chi connectivity index (χ0) is 21.4. The van der Waals surface area contributed by atoms with Gasteiger partial charge in [-0.25, -0.2) is 4.98 Å². The van der Waals surface area contributed by atoms with Crippen molar-refractivity contribution in [3.8, 4) is 11.8 Å². The summed E-state index contributed by atoms with van der Waals surface area (Å²) < 4.78 is 1.72. The lowest BCUT2D eigenvalue weighted by molar-refractivity contribution is 0.425. The van der Waals surface area contributed by atoms with Crippen molar-refractivity contribution < 1.29 is 10.2 Å². The molecule has 1 aromatic carbocycles. The Labute approximate surface area is 178 Å². The molecule has 1 saturated carbocycles. The topological polar surface area (TPSA) is 111 Å². The molecule has 31 heavy (non-hydrogen) atoms. The van der Waals surface area contributed by atoms with Crippen LogP contribution >= 0.6 is 0 Å².